The molecule has 13 heteroatoms. The highest BCUT2D eigenvalue weighted by atomic mass is 28.3. The number of benzene rings is 2. The van der Waals surface area contributed by atoms with Gasteiger partial charge in [-0.05, 0) is 106 Å². The van der Waals surface area contributed by atoms with E-state index in [1.54, 1.807) is 13.3 Å². The lowest BCUT2D eigenvalue weighted by atomic mass is 9.95. The number of hydrogen-bond donors (Lipinski definition) is 0. The lowest BCUT2D eigenvalue weighted by molar-refractivity contribution is 0.0193. The average molecular weight is 851 g/mol. The molecule has 6 heterocycles. The predicted molar refractivity (Wildman–Crippen MR) is 241 cm³/mol. The van der Waals surface area contributed by atoms with Crippen LogP contribution in [0.2, 0.25) is 16.6 Å². The van der Waals surface area contributed by atoms with Gasteiger partial charge in [-0.15, -0.1) is 5.54 Å². The number of hydrogen-bond acceptors (Lipinski definition) is 10. The van der Waals surface area contributed by atoms with Gasteiger partial charge in [0.15, 0.2) is 12.6 Å². The lowest BCUT2D eigenvalue weighted by Gasteiger charge is -2.47. The summed E-state index contributed by atoms with van der Waals surface area (Å²) in [5, 5.41) is 2.15. The van der Waals surface area contributed by atoms with E-state index in [-0.39, 0.29) is 47.7 Å². The second kappa shape index (κ2) is 16.6. The minimum Gasteiger partial charge on any atom is -0.468 e. The molecule has 4 aromatic rings. The van der Waals surface area contributed by atoms with E-state index in [2.05, 4.69) is 62.8 Å². The minimum absolute atomic E-state index is 0.0159. The lowest BCUT2D eigenvalue weighted by Crippen LogP contribution is -2.63. The van der Waals surface area contributed by atoms with Gasteiger partial charge in [-0.3, -0.25) is 9.88 Å². The number of methoxy groups -OCH3 is 1. The summed E-state index contributed by atoms with van der Waals surface area (Å²) >= 11 is 0. The first-order valence-corrected chi connectivity index (χ1v) is 24.5. The Kier molecular flexibility index (Phi) is 11.8. The molecular weight excluding hydrogens is 788 g/mol. The van der Waals surface area contributed by atoms with Crippen molar-refractivity contribution in [3.05, 3.63) is 47.9 Å². The maximum atomic E-state index is 17.8. The quantitative estimate of drug-likeness (QED) is 0.0824. The van der Waals surface area contributed by atoms with Crippen LogP contribution < -0.4 is 14.4 Å². The molecule has 326 valence electrons. The summed E-state index contributed by atoms with van der Waals surface area (Å²) in [6, 6.07) is 9.88. The van der Waals surface area contributed by atoms with E-state index in [9.17, 15) is 4.79 Å². The molecule has 8 rings (SSSR count). The van der Waals surface area contributed by atoms with Crippen molar-refractivity contribution in [3.8, 4) is 34.5 Å². The summed E-state index contributed by atoms with van der Waals surface area (Å²) in [7, 11) is -0.536. The Labute approximate surface area is 361 Å². The first-order valence-electron chi connectivity index (χ1n) is 22.3. The summed E-state index contributed by atoms with van der Waals surface area (Å²) in [6.45, 7) is 23.1. The van der Waals surface area contributed by atoms with Crippen molar-refractivity contribution in [3.63, 3.8) is 0 Å². The molecule has 2 aromatic carbocycles. The van der Waals surface area contributed by atoms with Crippen LogP contribution in [-0.2, 0) is 9.47 Å². The zero-order valence-corrected chi connectivity index (χ0v) is 38.7. The second-order valence-electron chi connectivity index (χ2n) is 19.5. The first-order chi connectivity index (χ1) is 29.1. The number of halogens is 1. The minimum atomic E-state index is -2.11. The second-order valence-corrected chi connectivity index (χ2v) is 25.1. The largest absolute Gasteiger partial charge is 0.468 e. The molecule has 2 aromatic heterocycles. The number of carbonyl (C=O) groups excluding carboxylic acids is 1. The fourth-order valence-electron chi connectivity index (χ4n) is 11.1. The number of pyridine rings is 1. The summed E-state index contributed by atoms with van der Waals surface area (Å²) in [5.41, 5.74) is 6.23. The highest BCUT2D eigenvalue weighted by Gasteiger charge is 2.51. The molecule has 11 nitrogen and oxygen atoms in total. The molecule has 0 bridgehead atoms. The summed E-state index contributed by atoms with van der Waals surface area (Å²) < 4.78 is 41.4. The van der Waals surface area contributed by atoms with Gasteiger partial charge in [-0.1, -0.05) is 59.6 Å². The number of aromatic nitrogens is 3. The van der Waals surface area contributed by atoms with Crippen molar-refractivity contribution in [1.82, 2.24) is 24.8 Å². The molecule has 4 fully saturated rings. The fourth-order valence-corrected chi connectivity index (χ4v) is 16.3. The van der Waals surface area contributed by atoms with Crippen molar-refractivity contribution < 1.29 is 28.1 Å². The third-order valence-corrected chi connectivity index (χ3v) is 20.2. The Morgan fingerprint density at radius 2 is 1.70 bits per heavy atom. The number of amides is 1. The third-order valence-electron chi connectivity index (χ3n) is 13.9. The van der Waals surface area contributed by atoms with Crippen LogP contribution in [0.4, 0.5) is 15.0 Å². The van der Waals surface area contributed by atoms with E-state index >= 15 is 4.39 Å². The molecule has 1 amide bonds. The highest BCUT2D eigenvalue weighted by Crippen LogP contribution is 2.45. The molecule has 4 saturated heterocycles. The Hall–Kier alpha value is -4.51. The molecule has 2 atom stereocenters. The van der Waals surface area contributed by atoms with Gasteiger partial charge in [-0.2, -0.15) is 9.97 Å². The van der Waals surface area contributed by atoms with Crippen molar-refractivity contribution in [2.75, 3.05) is 51.6 Å². The van der Waals surface area contributed by atoms with Gasteiger partial charge >= 0.3 is 12.1 Å². The van der Waals surface area contributed by atoms with Gasteiger partial charge in [-0.25, -0.2) is 9.18 Å². The van der Waals surface area contributed by atoms with Gasteiger partial charge < -0.3 is 28.7 Å². The standard InChI is InChI=1S/C48H63FN6O5Si/c1-30(2)61(31(3)4,32(5)6)23-17-33-14-11-15-34-24-35(59-29-57-10)25-36(40(33)34)42-41(49)43-37(26-50-42)44(52-45(51-43)58-28-48-18-12-20-53(48)21-13-19-48)55-27-39-38(55)16-22-54(39)46(56)60-47(7,8)9/h11,14-15,24-26,30-32,38-39H,12-13,16,18-22,27-29H2,1-10H3/t38-,39-/m1/s1. The summed E-state index contributed by atoms with van der Waals surface area (Å²) in [6.07, 6.45) is 6.48. The van der Waals surface area contributed by atoms with E-state index < -0.39 is 19.5 Å². The monoisotopic (exact) mass is 850 g/mol. The Morgan fingerprint density at radius 1 is 0.984 bits per heavy atom. The smallest absolute Gasteiger partial charge is 0.410 e. The Bertz CT molecular complexity index is 2340. The van der Waals surface area contributed by atoms with E-state index in [1.807, 2.05) is 56.0 Å². The number of carbonyl (C=O) groups is 1. The van der Waals surface area contributed by atoms with Gasteiger partial charge in [0.1, 0.15) is 43.1 Å². The van der Waals surface area contributed by atoms with Crippen LogP contribution in [0.15, 0.2) is 36.5 Å². The van der Waals surface area contributed by atoms with Crippen molar-refractivity contribution in [2.24, 2.45) is 0 Å². The number of fused-ring (bicyclic) bond motifs is 4. The van der Waals surface area contributed by atoms with Crippen LogP contribution in [0.1, 0.15) is 100.0 Å². The molecule has 4 aliphatic heterocycles. The maximum absolute atomic E-state index is 17.8. The Balaban J connectivity index is 1.26. The topological polar surface area (TPSA) is 102 Å². The van der Waals surface area contributed by atoms with E-state index in [4.69, 9.17) is 33.9 Å². The van der Waals surface area contributed by atoms with Crippen LogP contribution in [0.3, 0.4) is 0 Å². The van der Waals surface area contributed by atoms with Gasteiger partial charge in [0.2, 0.25) is 0 Å². The average Bonchev–Trinajstić information content (AvgIpc) is 3.88. The Morgan fingerprint density at radius 3 is 2.38 bits per heavy atom. The summed E-state index contributed by atoms with van der Waals surface area (Å²) in [4.78, 5) is 34.5. The SMILES string of the molecule is COCOc1cc(-c2ncc3c(N4C[C@@H]5[C@H]4CCN5C(=O)OC(C)(C)C)nc(OCC45CCCN4CCC5)nc3c2F)c2c(C#C[Si](C(C)C)(C(C)C)C(C)C)cccc2c1. The number of nitrogens with zero attached hydrogens (tertiary/aromatic N) is 6. The molecule has 0 radical (unpaired) electrons. The predicted octanol–water partition coefficient (Wildman–Crippen LogP) is 9.74. The van der Waals surface area contributed by atoms with Crippen LogP contribution in [0.5, 0.6) is 11.8 Å². The van der Waals surface area contributed by atoms with Crippen LogP contribution in [-0.4, -0.2) is 109 Å². The zero-order chi connectivity index (χ0) is 43.4. The zero-order valence-electron chi connectivity index (χ0n) is 37.7. The molecule has 0 aliphatic carbocycles. The molecule has 0 unspecified atom stereocenters. The number of ether oxygens (including phenoxy) is 4. The van der Waals surface area contributed by atoms with Gasteiger partial charge in [0, 0.05) is 42.9 Å². The van der Waals surface area contributed by atoms with E-state index in [0.717, 1.165) is 61.5 Å². The fraction of sp³-hybridized carbons (Fsp3) is 0.583. The first kappa shape index (κ1) is 43.1. The van der Waals surface area contributed by atoms with Gasteiger partial charge in [0.05, 0.1) is 23.0 Å². The van der Waals surface area contributed by atoms with Crippen LogP contribution in [0.25, 0.3) is 32.9 Å². The molecule has 0 spiro atoms. The molecular formula is C48H63FN6O5Si. The van der Waals surface area contributed by atoms with E-state index in [1.165, 1.54) is 0 Å². The van der Waals surface area contributed by atoms with Crippen molar-refractivity contribution in [1.29, 1.82) is 0 Å². The van der Waals surface area contributed by atoms with Gasteiger partial charge in [0.25, 0.3) is 0 Å². The van der Waals surface area contributed by atoms with Crippen LogP contribution >= 0.6 is 0 Å². The van der Waals surface area contributed by atoms with Crippen LogP contribution in [0, 0.1) is 17.3 Å². The highest BCUT2D eigenvalue weighted by molar-refractivity contribution is 6.90. The summed E-state index contributed by atoms with van der Waals surface area (Å²) in [5.74, 6) is 4.17. The molecule has 4 aliphatic rings. The number of anilines is 1. The van der Waals surface area contributed by atoms with Crippen molar-refractivity contribution >= 4 is 41.7 Å². The number of rotatable bonds is 11. The normalized spacial score (nSPS) is 20.0. The molecule has 0 saturated carbocycles. The molecule has 61 heavy (non-hydrogen) atoms. The maximum Gasteiger partial charge on any atom is 0.410 e. The molecule has 0 N–H and O–H groups in total. The third kappa shape index (κ3) is 7.82. The van der Waals surface area contributed by atoms with Crippen molar-refractivity contribution in [2.45, 2.75) is 134 Å². The van der Waals surface area contributed by atoms with E-state index in [0.29, 0.717) is 58.8 Å². The number of likely N-dealkylation sites (tertiary alicyclic amines) is 1.